The first-order valence-electron chi connectivity index (χ1n) is 7.56. The number of hydrogen-bond acceptors (Lipinski definition) is 3. The number of nitrogens with zero attached hydrogens (tertiary/aromatic N) is 1. The van der Waals surface area contributed by atoms with Gasteiger partial charge >= 0.3 is 5.97 Å². The van der Waals surface area contributed by atoms with Gasteiger partial charge in [0.2, 0.25) is 5.91 Å². The largest absolute Gasteiger partial charge is 0.481 e. The second kappa shape index (κ2) is 6.54. The molecule has 3 aromatic rings. The van der Waals surface area contributed by atoms with E-state index in [1.165, 1.54) is 0 Å². The van der Waals surface area contributed by atoms with E-state index in [9.17, 15) is 14.4 Å². The number of carbonyl (C=O) groups excluding carboxylic acids is 1. The number of aromatic nitrogens is 1. The summed E-state index contributed by atoms with van der Waals surface area (Å²) in [6.45, 7) is 0.0884. The van der Waals surface area contributed by atoms with E-state index in [-0.39, 0.29) is 30.8 Å². The molecule has 0 saturated heterocycles. The van der Waals surface area contributed by atoms with Crippen LogP contribution in [0.25, 0.3) is 21.8 Å². The van der Waals surface area contributed by atoms with E-state index in [1.807, 2.05) is 12.1 Å². The molecular formula is C18H16N2O4. The van der Waals surface area contributed by atoms with Crippen molar-refractivity contribution in [2.24, 2.45) is 0 Å². The molecule has 0 aliphatic heterocycles. The predicted molar refractivity (Wildman–Crippen MR) is 91.0 cm³/mol. The molecule has 0 spiro atoms. The van der Waals surface area contributed by atoms with Gasteiger partial charge in [0.15, 0.2) is 5.43 Å². The van der Waals surface area contributed by atoms with Gasteiger partial charge in [-0.05, 0) is 24.3 Å². The highest BCUT2D eigenvalue weighted by molar-refractivity contribution is 5.94. The quantitative estimate of drug-likeness (QED) is 0.700. The van der Waals surface area contributed by atoms with Crippen molar-refractivity contribution < 1.29 is 14.7 Å². The number of benzene rings is 2. The lowest BCUT2D eigenvalue weighted by Crippen LogP contribution is -2.30. The Morgan fingerprint density at radius 1 is 0.958 bits per heavy atom. The molecule has 3 rings (SSSR count). The zero-order valence-corrected chi connectivity index (χ0v) is 12.9. The molecule has 2 aromatic carbocycles. The highest BCUT2D eigenvalue weighted by Crippen LogP contribution is 2.18. The van der Waals surface area contributed by atoms with Crippen LogP contribution in [0.4, 0.5) is 0 Å². The minimum atomic E-state index is -0.963. The highest BCUT2D eigenvalue weighted by atomic mass is 16.4. The molecule has 0 radical (unpaired) electrons. The third kappa shape index (κ3) is 2.99. The summed E-state index contributed by atoms with van der Waals surface area (Å²) in [7, 11) is 0. The van der Waals surface area contributed by atoms with Gasteiger partial charge in [0.05, 0.1) is 17.5 Å². The van der Waals surface area contributed by atoms with E-state index in [0.29, 0.717) is 21.8 Å². The van der Waals surface area contributed by atoms with Crippen LogP contribution in [0, 0.1) is 0 Å². The topological polar surface area (TPSA) is 88.4 Å². The Kier molecular flexibility index (Phi) is 4.29. The molecule has 1 amide bonds. The molecule has 24 heavy (non-hydrogen) atoms. The lowest BCUT2D eigenvalue weighted by Gasteiger charge is -2.14. The fraction of sp³-hybridized carbons (Fsp3) is 0.167. The minimum absolute atomic E-state index is 0.0148. The van der Waals surface area contributed by atoms with Gasteiger partial charge in [-0.1, -0.05) is 24.3 Å². The van der Waals surface area contributed by atoms with E-state index < -0.39 is 5.97 Å². The Morgan fingerprint density at radius 2 is 1.50 bits per heavy atom. The molecule has 6 heteroatoms. The number of fused-ring (bicyclic) bond motifs is 2. The van der Waals surface area contributed by atoms with Crippen LogP contribution in [0.2, 0.25) is 0 Å². The normalized spacial score (nSPS) is 10.8. The van der Waals surface area contributed by atoms with Gasteiger partial charge in [0, 0.05) is 17.3 Å². The Morgan fingerprint density at radius 3 is 2.04 bits per heavy atom. The third-order valence-corrected chi connectivity index (χ3v) is 3.84. The molecule has 1 aromatic heterocycles. The summed E-state index contributed by atoms with van der Waals surface area (Å²) in [4.78, 5) is 35.3. The summed E-state index contributed by atoms with van der Waals surface area (Å²) < 4.78 is 1.78. The van der Waals surface area contributed by atoms with Crippen LogP contribution in [0.15, 0.2) is 53.3 Å². The summed E-state index contributed by atoms with van der Waals surface area (Å²) >= 11 is 0. The fourth-order valence-electron chi connectivity index (χ4n) is 2.76. The number of carboxylic acids is 1. The smallest absolute Gasteiger partial charge is 0.305 e. The molecule has 122 valence electrons. The molecule has 1 heterocycles. The third-order valence-electron chi connectivity index (χ3n) is 3.84. The lowest BCUT2D eigenvalue weighted by molar-refractivity contribution is -0.136. The SMILES string of the molecule is O=C(O)CCNC(=O)Cn1c2ccccc2c(=O)c2ccccc21. The van der Waals surface area contributed by atoms with E-state index in [4.69, 9.17) is 5.11 Å². The van der Waals surface area contributed by atoms with Crippen LogP contribution in [-0.4, -0.2) is 28.1 Å². The summed E-state index contributed by atoms with van der Waals surface area (Å²) in [6, 6.07) is 14.3. The van der Waals surface area contributed by atoms with E-state index in [2.05, 4.69) is 5.32 Å². The maximum Gasteiger partial charge on any atom is 0.305 e. The maximum atomic E-state index is 12.6. The van der Waals surface area contributed by atoms with Crippen LogP contribution in [0.1, 0.15) is 6.42 Å². The molecule has 0 fully saturated rings. The van der Waals surface area contributed by atoms with E-state index in [0.717, 1.165) is 0 Å². The summed E-state index contributed by atoms with van der Waals surface area (Å²) in [5, 5.41) is 12.3. The van der Waals surface area contributed by atoms with Crippen LogP contribution in [-0.2, 0) is 16.1 Å². The predicted octanol–water partition coefficient (Wildman–Crippen LogP) is 1.75. The lowest BCUT2D eigenvalue weighted by atomic mass is 10.1. The van der Waals surface area contributed by atoms with Crippen molar-refractivity contribution in [3.8, 4) is 0 Å². The van der Waals surface area contributed by atoms with Gasteiger partial charge in [-0.25, -0.2) is 0 Å². The van der Waals surface area contributed by atoms with E-state index in [1.54, 1.807) is 41.0 Å². The van der Waals surface area contributed by atoms with Gasteiger partial charge in [-0.15, -0.1) is 0 Å². The zero-order valence-electron chi connectivity index (χ0n) is 12.9. The van der Waals surface area contributed by atoms with Crippen LogP contribution < -0.4 is 10.7 Å². The number of amides is 1. The highest BCUT2D eigenvalue weighted by Gasteiger charge is 2.12. The second-order valence-corrected chi connectivity index (χ2v) is 5.44. The van der Waals surface area contributed by atoms with Crippen molar-refractivity contribution in [3.63, 3.8) is 0 Å². The Bertz CT molecular complexity index is 931. The number of nitrogens with one attached hydrogen (secondary N) is 1. The average Bonchev–Trinajstić information content (AvgIpc) is 2.58. The molecule has 0 saturated carbocycles. The number of para-hydroxylation sites is 2. The molecule has 0 atom stereocenters. The van der Waals surface area contributed by atoms with Crippen LogP contribution >= 0.6 is 0 Å². The molecule has 0 aliphatic carbocycles. The summed E-state index contributed by atoms with van der Waals surface area (Å²) in [6.07, 6.45) is -0.128. The van der Waals surface area contributed by atoms with E-state index >= 15 is 0 Å². The molecular weight excluding hydrogens is 308 g/mol. The minimum Gasteiger partial charge on any atom is -0.481 e. The number of carbonyl (C=O) groups is 2. The van der Waals surface area contributed by atoms with Gasteiger partial charge in [0.1, 0.15) is 6.54 Å². The van der Waals surface area contributed by atoms with Crippen LogP contribution in [0.3, 0.4) is 0 Å². The van der Waals surface area contributed by atoms with Crippen molar-refractivity contribution >= 4 is 33.7 Å². The molecule has 6 nitrogen and oxygen atoms in total. The number of aliphatic carboxylic acids is 1. The first kappa shape index (κ1) is 15.7. The van der Waals surface area contributed by atoms with Gasteiger partial charge in [-0.3, -0.25) is 14.4 Å². The Balaban J connectivity index is 2.05. The number of hydrogen-bond donors (Lipinski definition) is 2. The van der Waals surface area contributed by atoms with Crippen molar-refractivity contribution in [2.45, 2.75) is 13.0 Å². The monoisotopic (exact) mass is 324 g/mol. The molecule has 2 N–H and O–H groups in total. The molecule has 0 unspecified atom stereocenters. The van der Waals surface area contributed by atoms with Gasteiger partial charge in [0.25, 0.3) is 0 Å². The fourth-order valence-corrected chi connectivity index (χ4v) is 2.76. The van der Waals surface area contributed by atoms with Crippen LogP contribution in [0.5, 0.6) is 0 Å². The Hall–Kier alpha value is -3.15. The zero-order chi connectivity index (χ0) is 17.1. The van der Waals surface area contributed by atoms with Crippen molar-refractivity contribution in [2.75, 3.05) is 6.54 Å². The van der Waals surface area contributed by atoms with Crippen molar-refractivity contribution in [3.05, 3.63) is 58.8 Å². The maximum absolute atomic E-state index is 12.6. The number of carboxylic acid groups (broad SMARTS) is 1. The van der Waals surface area contributed by atoms with Crippen molar-refractivity contribution in [1.29, 1.82) is 0 Å². The second-order valence-electron chi connectivity index (χ2n) is 5.44. The van der Waals surface area contributed by atoms with Crippen molar-refractivity contribution in [1.82, 2.24) is 9.88 Å². The molecule has 0 aliphatic rings. The van der Waals surface area contributed by atoms with Gasteiger partial charge < -0.3 is 15.0 Å². The average molecular weight is 324 g/mol. The summed E-state index contributed by atoms with van der Waals surface area (Å²) in [5.41, 5.74) is 1.29. The molecule has 0 bridgehead atoms. The summed E-state index contributed by atoms with van der Waals surface area (Å²) in [5.74, 6) is -1.26. The van der Waals surface area contributed by atoms with Gasteiger partial charge in [-0.2, -0.15) is 0 Å². The number of pyridine rings is 1. The Labute approximate surface area is 137 Å². The number of rotatable bonds is 5. The first-order valence-corrected chi connectivity index (χ1v) is 7.56. The standard InChI is InChI=1S/C18H16N2O4/c21-16(19-10-9-17(22)23)11-20-14-7-3-1-5-12(14)18(24)13-6-2-4-8-15(13)20/h1-8H,9-11H2,(H,19,21)(H,22,23). The first-order chi connectivity index (χ1) is 11.6.